The van der Waals surface area contributed by atoms with Crippen molar-refractivity contribution in [2.45, 2.75) is 9.79 Å². The van der Waals surface area contributed by atoms with Crippen molar-refractivity contribution in [3.05, 3.63) is 78.4 Å². The molecule has 1 amide bonds. The standard InChI is InChI=1S/C22H18N2O7S2/c1-30-18-13-15(10-11-16(18)19-12-14-6-2-3-7-17(14)31-19)22(25)24-33(28,29)21-9-5-4-8-20(21)32(23,26)27/h2-13H,1H3,(H,24,25)(H2,23,26,27). The van der Waals surface area contributed by atoms with Crippen molar-refractivity contribution in [1.29, 1.82) is 0 Å². The van der Waals surface area contributed by atoms with Gasteiger partial charge < -0.3 is 9.15 Å². The predicted molar refractivity (Wildman–Crippen MR) is 121 cm³/mol. The molecule has 0 unspecified atom stereocenters. The van der Waals surface area contributed by atoms with E-state index in [1.54, 1.807) is 6.07 Å². The molecule has 0 saturated carbocycles. The molecule has 11 heteroatoms. The van der Waals surface area contributed by atoms with Gasteiger partial charge in [0.1, 0.15) is 26.9 Å². The zero-order valence-electron chi connectivity index (χ0n) is 17.2. The van der Waals surface area contributed by atoms with Crippen LogP contribution >= 0.6 is 0 Å². The molecular weight excluding hydrogens is 468 g/mol. The molecular formula is C22H18N2O7S2. The smallest absolute Gasteiger partial charge is 0.265 e. The highest BCUT2D eigenvalue weighted by Crippen LogP contribution is 2.34. The van der Waals surface area contributed by atoms with Crippen molar-refractivity contribution in [1.82, 2.24) is 4.72 Å². The van der Waals surface area contributed by atoms with E-state index in [-0.39, 0.29) is 11.3 Å². The number of rotatable bonds is 6. The van der Waals surface area contributed by atoms with Gasteiger partial charge in [-0.3, -0.25) is 4.79 Å². The number of sulfonamides is 2. The third kappa shape index (κ3) is 4.46. The molecule has 3 N–H and O–H groups in total. The van der Waals surface area contributed by atoms with Crippen LogP contribution in [0.5, 0.6) is 5.75 Å². The molecule has 0 aliphatic rings. The van der Waals surface area contributed by atoms with Crippen LogP contribution in [-0.4, -0.2) is 29.9 Å². The molecule has 0 atom stereocenters. The Labute approximate surface area is 189 Å². The molecule has 4 aromatic rings. The molecule has 0 fully saturated rings. The van der Waals surface area contributed by atoms with Crippen molar-refractivity contribution in [3.8, 4) is 17.1 Å². The van der Waals surface area contributed by atoms with Crippen LogP contribution in [0.3, 0.4) is 0 Å². The van der Waals surface area contributed by atoms with E-state index in [9.17, 15) is 21.6 Å². The summed E-state index contributed by atoms with van der Waals surface area (Å²) in [5.41, 5.74) is 1.21. The van der Waals surface area contributed by atoms with Crippen LogP contribution in [0.4, 0.5) is 0 Å². The first-order valence-corrected chi connectivity index (χ1v) is 12.5. The van der Waals surface area contributed by atoms with E-state index in [1.807, 2.05) is 35.1 Å². The van der Waals surface area contributed by atoms with Crippen LogP contribution in [0, 0.1) is 0 Å². The van der Waals surface area contributed by atoms with E-state index in [0.717, 1.165) is 17.5 Å². The lowest BCUT2D eigenvalue weighted by molar-refractivity contribution is 0.0981. The number of carbonyl (C=O) groups excluding carboxylic acids is 1. The average Bonchev–Trinajstić information content (AvgIpc) is 3.22. The Hall–Kier alpha value is -3.67. The fourth-order valence-corrected chi connectivity index (χ4v) is 5.65. The molecule has 0 aliphatic carbocycles. The van der Waals surface area contributed by atoms with Gasteiger partial charge in [0.25, 0.3) is 15.9 Å². The predicted octanol–water partition coefficient (Wildman–Crippen LogP) is 2.87. The molecule has 1 aromatic heterocycles. The number of amides is 1. The number of nitrogens with one attached hydrogen (secondary N) is 1. The maximum atomic E-state index is 12.7. The monoisotopic (exact) mass is 486 g/mol. The summed E-state index contributed by atoms with van der Waals surface area (Å²) in [6.45, 7) is 0. The first kappa shape index (κ1) is 22.5. The second-order valence-electron chi connectivity index (χ2n) is 6.99. The molecule has 0 aliphatic heterocycles. The Balaban J connectivity index is 1.67. The minimum Gasteiger partial charge on any atom is -0.496 e. The van der Waals surface area contributed by atoms with Crippen LogP contribution in [0.1, 0.15) is 10.4 Å². The summed E-state index contributed by atoms with van der Waals surface area (Å²) in [6.07, 6.45) is 0. The Bertz CT molecular complexity index is 1560. The van der Waals surface area contributed by atoms with E-state index in [4.69, 9.17) is 14.3 Å². The second kappa shape index (κ2) is 8.35. The van der Waals surface area contributed by atoms with E-state index in [1.165, 1.54) is 31.4 Å². The van der Waals surface area contributed by atoms with Gasteiger partial charge in [0.05, 0.1) is 12.7 Å². The molecule has 3 aromatic carbocycles. The molecule has 170 valence electrons. The maximum absolute atomic E-state index is 12.7. The van der Waals surface area contributed by atoms with Gasteiger partial charge in [-0.05, 0) is 42.5 Å². The average molecular weight is 487 g/mol. The number of methoxy groups -OCH3 is 1. The van der Waals surface area contributed by atoms with Crippen molar-refractivity contribution < 1.29 is 30.8 Å². The van der Waals surface area contributed by atoms with Crippen molar-refractivity contribution >= 4 is 36.9 Å². The lowest BCUT2D eigenvalue weighted by Crippen LogP contribution is -2.32. The molecule has 0 saturated heterocycles. The molecule has 0 bridgehead atoms. The first-order valence-electron chi connectivity index (χ1n) is 9.46. The highest BCUT2D eigenvalue weighted by atomic mass is 32.2. The zero-order valence-corrected chi connectivity index (χ0v) is 18.8. The number of hydrogen-bond acceptors (Lipinski definition) is 7. The van der Waals surface area contributed by atoms with Crippen LogP contribution < -0.4 is 14.6 Å². The summed E-state index contributed by atoms with van der Waals surface area (Å²) in [7, 11) is -7.47. The van der Waals surface area contributed by atoms with Gasteiger partial charge in [0.2, 0.25) is 10.0 Å². The van der Waals surface area contributed by atoms with Crippen molar-refractivity contribution in [3.63, 3.8) is 0 Å². The third-order valence-electron chi connectivity index (χ3n) is 4.83. The normalized spacial score (nSPS) is 11.9. The maximum Gasteiger partial charge on any atom is 0.265 e. The van der Waals surface area contributed by atoms with Gasteiger partial charge in [-0.25, -0.2) is 26.7 Å². The van der Waals surface area contributed by atoms with E-state index in [2.05, 4.69) is 0 Å². The first-order chi connectivity index (χ1) is 15.6. The number of primary sulfonamides is 1. The quantitative estimate of drug-likeness (QED) is 0.426. The minimum atomic E-state index is -4.54. The molecule has 1 heterocycles. The van der Waals surface area contributed by atoms with Gasteiger partial charge in [-0.2, -0.15) is 0 Å². The highest BCUT2D eigenvalue weighted by molar-refractivity contribution is 7.92. The lowest BCUT2D eigenvalue weighted by Gasteiger charge is -2.12. The molecule has 33 heavy (non-hydrogen) atoms. The molecule has 0 spiro atoms. The number of furan rings is 1. The van der Waals surface area contributed by atoms with Gasteiger partial charge in [-0.15, -0.1) is 0 Å². The number of nitrogens with two attached hydrogens (primary N) is 1. The Morgan fingerprint density at radius 2 is 1.58 bits per heavy atom. The molecule has 0 radical (unpaired) electrons. The molecule has 4 rings (SSSR count). The largest absolute Gasteiger partial charge is 0.496 e. The number of carbonyl (C=O) groups is 1. The van der Waals surface area contributed by atoms with E-state index < -0.39 is 35.7 Å². The zero-order chi connectivity index (χ0) is 23.8. The van der Waals surface area contributed by atoms with Crippen LogP contribution in [0.25, 0.3) is 22.3 Å². The van der Waals surface area contributed by atoms with Gasteiger partial charge in [0.15, 0.2) is 0 Å². The SMILES string of the molecule is COc1cc(C(=O)NS(=O)(=O)c2ccccc2S(N)(=O)=O)ccc1-c1cc2ccccc2o1. The highest BCUT2D eigenvalue weighted by Gasteiger charge is 2.26. The third-order valence-corrected chi connectivity index (χ3v) is 7.31. The topological polar surface area (TPSA) is 146 Å². The summed E-state index contributed by atoms with van der Waals surface area (Å²) in [5.74, 6) is -0.188. The van der Waals surface area contributed by atoms with Crippen LogP contribution in [-0.2, 0) is 20.0 Å². The van der Waals surface area contributed by atoms with E-state index >= 15 is 0 Å². The van der Waals surface area contributed by atoms with Gasteiger partial charge in [-0.1, -0.05) is 30.3 Å². The minimum absolute atomic E-state index is 0.0247. The lowest BCUT2D eigenvalue weighted by atomic mass is 10.1. The summed E-state index contributed by atoms with van der Waals surface area (Å²) < 4.78 is 62.0. The van der Waals surface area contributed by atoms with Crippen LogP contribution in [0.15, 0.2) is 87.0 Å². The number of ether oxygens (including phenoxy) is 1. The fraction of sp³-hybridized carbons (Fsp3) is 0.0455. The summed E-state index contributed by atoms with van der Waals surface area (Å²) >= 11 is 0. The summed E-state index contributed by atoms with van der Waals surface area (Å²) in [4.78, 5) is 11.4. The second-order valence-corrected chi connectivity index (χ2v) is 10.2. The summed E-state index contributed by atoms with van der Waals surface area (Å²) in [5, 5.41) is 5.99. The Morgan fingerprint density at radius 3 is 2.24 bits per heavy atom. The number of para-hydroxylation sites is 1. The number of fused-ring (bicyclic) bond motifs is 1. The van der Waals surface area contributed by atoms with Crippen molar-refractivity contribution in [2.24, 2.45) is 5.14 Å². The number of hydrogen-bond donors (Lipinski definition) is 2. The van der Waals surface area contributed by atoms with Gasteiger partial charge >= 0.3 is 0 Å². The van der Waals surface area contributed by atoms with E-state index in [0.29, 0.717) is 16.9 Å². The van der Waals surface area contributed by atoms with Crippen LogP contribution in [0.2, 0.25) is 0 Å². The van der Waals surface area contributed by atoms with Crippen molar-refractivity contribution in [2.75, 3.05) is 7.11 Å². The molecule has 9 nitrogen and oxygen atoms in total. The Kier molecular flexibility index (Phi) is 5.70. The van der Waals surface area contributed by atoms with Gasteiger partial charge in [0, 0.05) is 10.9 Å². The Morgan fingerprint density at radius 1 is 0.909 bits per heavy atom. The fourth-order valence-electron chi connectivity index (χ4n) is 3.29. The number of benzene rings is 3. The summed E-state index contributed by atoms with van der Waals surface area (Å²) in [6, 6.07) is 18.3.